The molecular formula is C17H25N5O2. The molecule has 2 amide bonds. The molecule has 7 nitrogen and oxygen atoms in total. The second kappa shape index (κ2) is 8.33. The van der Waals surface area contributed by atoms with E-state index in [-0.39, 0.29) is 12.5 Å². The number of carbonyl (C=O) groups excluding carboxylic acids is 2. The molecule has 2 rings (SSSR count). The Hall–Kier alpha value is -2.57. The van der Waals surface area contributed by atoms with Crippen LogP contribution in [-0.2, 0) is 11.3 Å². The first-order valence-electron chi connectivity index (χ1n) is 8.16. The smallest absolute Gasteiger partial charge is 0.251 e. The highest BCUT2D eigenvalue weighted by atomic mass is 16.2. The number of guanidine groups is 1. The predicted molar refractivity (Wildman–Crippen MR) is 93.3 cm³/mol. The zero-order chi connectivity index (χ0) is 17.5. The van der Waals surface area contributed by atoms with E-state index >= 15 is 0 Å². The Kier molecular flexibility index (Phi) is 6.17. The van der Waals surface area contributed by atoms with Crippen molar-refractivity contribution < 1.29 is 9.59 Å². The van der Waals surface area contributed by atoms with Crippen LogP contribution in [0, 0.1) is 5.92 Å². The van der Waals surface area contributed by atoms with E-state index in [4.69, 9.17) is 11.5 Å². The summed E-state index contributed by atoms with van der Waals surface area (Å²) >= 11 is 0. The number of aliphatic imine (C=N–C) groups is 1. The van der Waals surface area contributed by atoms with Crippen molar-refractivity contribution in [2.45, 2.75) is 26.3 Å². The van der Waals surface area contributed by atoms with Gasteiger partial charge in [0.1, 0.15) is 0 Å². The van der Waals surface area contributed by atoms with Crippen molar-refractivity contribution in [2.24, 2.45) is 22.4 Å². The van der Waals surface area contributed by atoms with Gasteiger partial charge in [-0.1, -0.05) is 19.1 Å². The third-order valence-corrected chi connectivity index (χ3v) is 4.17. The van der Waals surface area contributed by atoms with Crippen LogP contribution in [0.15, 0.2) is 29.3 Å². The molecule has 1 aromatic rings. The van der Waals surface area contributed by atoms with Crippen LogP contribution in [0.1, 0.15) is 35.7 Å². The lowest BCUT2D eigenvalue weighted by Gasteiger charge is -2.31. The summed E-state index contributed by atoms with van der Waals surface area (Å²) in [6.07, 6.45) is 2.29. The lowest BCUT2D eigenvalue weighted by atomic mass is 10.00. The molecule has 1 heterocycles. The summed E-state index contributed by atoms with van der Waals surface area (Å²) in [5.41, 5.74) is 12.5. The van der Waals surface area contributed by atoms with E-state index in [2.05, 4.69) is 22.1 Å². The number of piperidine rings is 1. The Bertz CT molecular complexity index is 604. The number of benzene rings is 1. The summed E-state index contributed by atoms with van der Waals surface area (Å²) in [4.78, 5) is 29.0. The van der Waals surface area contributed by atoms with Gasteiger partial charge in [0.25, 0.3) is 5.91 Å². The fourth-order valence-electron chi connectivity index (χ4n) is 2.54. The van der Waals surface area contributed by atoms with Crippen molar-refractivity contribution >= 4 is 17.8 Å². The van der Waals surface area contributed by atoms with Gasteiger partial charge in [0.05, 0.1) is 13.1 Å². The number of carbonyl (C=O) groups is 2. The minimum absolute atomic E-state index is 0.171. The van der Waals surface area contributed by atoms with Gasteiger partial charge in [0.15, 0.2) is 5.96 Å². The highest BCUT2D eigenvalue weighted by Crippen LogP contribution is 2.15. The quantitative estimate of drug-likeness (QED) is 0.537. The number of nitrogens with zero attached hydrogens (tertiary/aromatic N) is 2. The van der Waals surface area contributed by atoms with Gasteiger partial charge in [-0.2, -0.15) is 0 Å². The lowest BCUT2D eigenvalue weighted by Crippen LogP contribution is -2.42. The number of rotatable bonds is 5. The van der Waals surface area contributed by atoms with Crippen molar-refractivity contribution in [3.8, 4) is 0 Å². The molecule has 0 spiro atoms. The molecule has 130 valence electrons. The van der Waals surface area contributed by atoms with Crippen LogP contribution in [0.25, 0.3) is 0 Å². The maximum absolute atomic E-state index is 11.8. The Labute approximate surface area is 142 Å². The van der Waals surface area contributed by atoms with Crippen LogP contribution in [0.2, 0.25) is 0 Å². The number of amides is 2. The molecule has 1 saturated heterocycles. The largest absolute Gasteiger partial charge is 0.370 e. The molecule has 1 fully saturated rings. The predicted octanol–water partition coefficient (Wildman–Crippen LogP) is 0.448. The number of primary amides is 1. The number of hydrogen-bond donors (Lipinski definition) is 3. The molecule has 1 aliphatic heterocycles. The summed E-state index contributed by atoms with van der Waals surface area (Å²) < 4.78 is 0. The van der Waals surface area contributed by atoms with Crippen LogP contribution in [0.5, 0.6) is 0 Å². The summed E-state index contributed by atoms with van der Waals surface area (Å²) in [6, 6.07) is 7.04. The van der Waals surface area contributed by atoms with Crippen LogP contribution in [0.4, 0.5) is 0 Å². The molecule has 24 heavy (non-hydrogen) atoms. The maximum atomic E-state index is 11.8. The van der Waals surface area contributed by atoms with Crippen molar-refractivity contribution in [2.75, 3.05) is 19.6 Å². The van der Waals surface area contributed by atoms with E-state index in [9.17, 15) is 9.59 Å². The standard InChI is InChI=1S/C17H25N5O2/c1-12-6-8-22(9-7-12)17(19)21-10-13-2-4-14(5-3-13)16(24)20-11-15(18)23/h2-5,12H,6-11H2,1H3,(H2,18,23)(H2,19,21)(H,20,24). The topological polar surface area (TPSA) is 114 Å². The van der Waals surface area contributed by atoms with Gasteiger partial charge in [-0.3, -0.25) is 9.59 Å². The molecule has 0 unspecified atom stereocenters. The Morgan fingerprint density at radius 1 is 1.21 bits per heavy atom. The van der Waals surface area contributed by atoms with Gasteiger partial charge >= 0.3 is 0 Å². The van der Waals surface area contributed by atoms with Crippen LogP contribution >= 0.6 is 0 Å². The molecule has 0 bridgehead atoms. The van der Waals surface area contributed by atoms with Crippen molar-refractivity contribution in [1.29, 1.82) is 0 Å². The first-order valence-corrected chi connectivity index (χ1v) is 8.16. The molecule has 0 atom stereocenters. The second-order valence-corrected chi connectivity index (χ2v) is 6.19. The third kappa shape index (κ3) is 5.26. The van der Waals surface area contributed by atoms with E-state index in [0.29, 0.717) is 18.1 Å². The summed E-state index contributed by atoms with van der Waals surface area (Å²) in [6.45, 7) is 4.47. The summed E-state index contributed by atoms with van der Waals surface area (Å²) in [7, 11) is 0. The molecular weight excluding hydrogens is 306 g/mol. The zero-order valence-corrected chi connectivity index (χ0v) is 14.0. The first kappa shape index (κ1) is 17.8. The molecule has 0 radical (unpaired) electrons. The van der Waals surface area contributed by atoms with E-state index < -0.39 is 5.91 Å². The minimum Gasteiger partial charge on any atom is -0.370 e. The maximum Gasteiger partial charge on any atom is 0.251 e. The Morgan fingerprint density at radius 2 is 1.83 bits per heavy atom. The molecule has 5 N–H and O–H groups in total. The van der Waals surface area contributed by atoms with Gasteiger partial charge in [-0.05, 0) is 36.5 Å². The monoisotopic (exact) mass is 331 g/mol. The van der Waals surface area contributed by atoms with Gasteiger partial charge in [-0.25, -0.2) is 4.99 Å². The molecule has 1 aromatic carbocycles. The van der Waals surface area contributed by atoms with Crippen molar-refractivity contribution in [3.05, 3.63) is 35.4 Å². The Morgan fingerprint density at radius 3 is 2.42 bits per heavy atom. The van der Waals surface area contributed by atoms with Gasteiger partial charge in [-0.15, -0.1) is 0 Å². The van der Waals surface area contributed by atoms with Gasteiger partial charge in [0.2, 0.25) is 5.91 Å². The number of likely N-dealkylation sites (tertiary alicyclic amines) is 1. The van der Waals surface area contributed by atoms with Gasteiger partial charge < -0.3 is 21.7 Å². The van der Waals surface area contributed by atoms with E-state index in [1.165, 1.54) is 0 Å². The highest BCUT2D eigenvalue weighted by molar-refractivity contribution is 5.96. The fourth-order valence-corrected chi connectivity index (χ4v) is 2.54. The minimum atomic E-state index is -0.572. The normalized spacial score (nSPS) is 16.0. The number of hydrogen-bond acceptors (Lipinski definition) is 3. The average molecular weight is 331 g/mol. The third-order valence-electron chi connectivity index (χ3n) is 4.17. The van der Waals surface area contributed by atoms with E-state index in [1.807, 2.05) is 12.1 Å². The molecule has 0 saturated carbocycles. The fraction of sp³-hybridized carbons (Fsp3) is 0.471. The number of nitrogens with two attached hydrogens (primary N) is 2. The molecule has 7 heteroatoms. The number of nitrogens with one attached hydrogen (secondary N) is 1. The second-order valence-electron chi connectivity index (χ2n) is 6.19. The van der Waals surface area contributed by atoms with Crippen LogP contribution in [0.3, 0.4) is 0 Å². The Balaban J connectivity index is 1.88. The first-order chi connectivity index (χ1) is 11.5. The van der Waals surface area contributed by atoms with E-state index in [1.54, 1.807) is 12.1 Å². The molecule has 0 aliphatic carbocycles. The van der Waals surface area contributed by atoms with Crippen LogP contribution < -0.4 is 16.8 Å². The van der Waals surface area contributed by atoms with E-state index in [0.717, 1.165) is 37.4 Å². The summed E-state index contributed by atoms with van der Waals surface area (Å²) in [5, 5.41) is 2.45. The van der Waals surface area contributed by atoms with Crippen LogP contribution in [-0.4, -0.2) is 42.3 Å². The average Bonchev–Trinajstić information content (AvgIpc) is 2.58. The lowest BCUT2D eigenvalue weighted by molar-refractivity contribution is -0.117. The van der Waals surface area contributed by atoms with Gasteiger partial charge in [0, 0.05) is 18.7 Å². The zero-order valence-electron chi connectivity index (χ0n) is 14.0. The molecule has 0 aromatic heterocycles. The molecule has 1 aliphatic rings. The van der Waals surface area contributed by atoms with Crippen molar-refractivity contribution in [1.82, 2.24) is 10.2 Å². The SMILES string of the molecule is CC1CCN(C(N)=NCc2ccc(C(=O)NCC(N)=O)cc2)CC1. The summed E-state index contributed by atoms with van der Waals surface area (Å²) in [5.74, 6) is 0.426. The van der Waals surface area contributed by atoms with Crippen molar-refractivity contribution in [3.63, 3.8) is 0 Å². The highest BCUT2D eigenvalue weighted by Gasteiger charge is 2.16.